The number of aliphatic hydroxyl groups is 1. The average Bonchev–Trinajstić information content (AvgIpc) is 2.40. The van der Waals surface area contributed by atoms with E-state index in [1.165, 1.54) is 0 Å². The van der Waals surface area contributed by atoms with Crippen LogP contribution in [0, 0.1) is 6.92 Å². The van der Waals surface area contributed by atoms with Gasteiger partial charge in [0.25, 0.3) is 0 Å². The largest absolute Gasteiger partial charge is 0.496 e. The second-order valence-corrected chi connectivity index (χ2v) is 5.64. The maximum absolute atomic E-state index is 10.5. The molecule has 100 valence electrons. The zero-order chi connectivity index (χ0) is 14.0. The van der Waals surface area contributed by atoms with Crippen molar-refractivity contribution in [3.05, 3.63) is 62.6 Å². The summed E-state index contributed by atoms with van der Waals surface area (Å²) in [4.78, 5) is 0. The fourth-order valence-electron chi connectivity index (χ4n) is 1.96. The van der Waals surface area contributed by atoms with E-state index in [1.54, 1.807) is 13.2 Å². The van der Waals surface area contributed by atoms with Gasteiger partial charge in [-0.05, 0) is 37.3 Å². The molecule has 0 radical (unpaired) electrons. The first-order valence-corrected chi connectivity index (χ1v) is 6.97. The summed E-state index contributed by atoms with van der Waals surface area (Å²) < 4.78 is 6.17. The molecule has 1 atom stereocenters. The summed E-state index contributed by atoms with van der Waals surface area (Å²) in [6.45, 7) is 1.97. The molecule has 0 bridgehead atoms. The van der Waals surface area contributed by atoms with Gasteiger partial charge in [0.1, 0.15) is 11.9 Å². The van der Waals surface area contributed by atoms with Gasteiger partial charge in [-0.2, -0.15) is 0 Å². The van der Waals surface area contributed by atoms with Crippen LogP contribution in [0.2, 0.25) is 5.02 Å². The molecule has 0 aliphatic heterocycles. The summed E-state index contributed by atoms with van der Waals surface area (Å²) in [6.07, 6.45) is -0.820. The molecule has 1 N–H and O–H groups in total. The molecule has 0 spiro atoms. The highest BCUT2D eigenvalue weighted by atomic mass is 79.9. The predicted molar refractivity (Wildman–Crippen MR) is 80.9 cm³/mol. The number of rotatable bonds is 3. The minimum atomic E-state index is -0.820. The lowest BCUT2D eigenvalue weighted by Gasteiger charge is -2.17. The number of benzene rings is 2. The molecule has 19 heavy (non-hydrogen) atoms. The number of methoxy groups -OCH3 is 1. The van der Waals surface area contributed by atoms with E-state index >= 15 is 0 Å². The monoisotopic (exact) mass is 340 g/mol. The van der Waals surface area contributed by atoms with Crippen molar-refractivity contribution >= 4 is 27.5 Å². The summed E-state index contributed by atoms with van der Waals surface area (Å²) in [5.74, 6) is 0.647. The van der Waals surface area contributed by atoms with Gasteiger partial charge in [-0.25, -0.2) is 0 Å². The van der Waals surface area contributed by atoms with Crippen LogP contribution in [-0.4, -0.2) is 12.2 Å². The third-order valence-corrected chi connectivity index (χ3v) is 3.77. The summed E-state index contributed by atoms with van der Waals surface area (Å²) in [5.41, 5.74) is 2.42. The molecule has 2 nitrogen and oxygen atoms in total. The molecule has 0 aliphatic carbocycles. The SMILES string of the molecule is COc1ccc(C)cc1C(O)c1cc(Br)ccc1Cl. The minimum Gasteiger partial charge on any atom is -0.496 e. The molecule has 0 aromatic heterocycles. The zero-order valence-electron chi connectivity index (χ0n) is 10.7. The zero-order valence-corrected chi connectivity index (χ0v) is 13.0. The summed E-state index contributed by atoms with van der Waals surface area (Å²) in [5, 5.41) is 11.1. The van der Waals surface area contributed by atoms with E-state index in [4.69, 9.17) is 16.3 Å². The van der Waals surface area contributed by atoms with Crippen LogP contribution >= 0.6 is 27.5 Å². The van der Waals surface area contributed by atoms with Crippen LogP contribution in [0.5, 0.6) is 5.75 Å². The Kier molecular flexibility index (Phi) is 4.50. The first-order valence-electron chi connectivity index (χ1n) is 5.80. The highest BCUT2D eigenvalue weighted by Gasteiger charge is 2.18. The number of hydrogen-bond acceptors (Lipinski definition) is 2. The molecule has 0 saturated heterocycles. The number of aliphatic hydroxyl groups excluding tert-OH is 1. The summed E-state index contributed by atoms with van der Waals surface area (Å²) >= 11 is 9.54. The van der Waals surface area contributed by atoms with Crippen LogP contribution in [0.4, 0.5) is 0 Å². The van der Waals surface area contributed by atoms with Crippen molar-refractivity contribution in [3.63, 3.8) is 0 Å². The highest BCUT2D eigenvalue weighted by Crippen LogP contribution is 2.35. The van der Waals surface area contributed by atoms with Gasteiger partial charge in [0.05, 0.1) is 7.11 Å². The van der Waals surface area contributed by atoms with E-state index < -0.39 is 6.10 Å². The molecule has 2 aromatic rings. The number of hydrogen-bond donors (Lipinski definition) is 1. The van der Waals surface area contributed by atoms with Crippen molar-refractivity contribution in [2.24, 2.45) is 0 Å². The minimum absolute atomic E-state index is 0.527. The lowest BCUT2D eigenvalue weighted by molar-refractivity contribution is 0.214. The van der Waals surface area contributed by atoms with Crippen molar-refractivity contribution in [1.29, 1.82) is 0 Å². The Balaban J connectivity index is 2.51. The van der Waals surface area contributed by atoms with Crippen LogP contribution in [0.15, 0.2) is 40.9 Å². The third kappa shape index (κ3) is 3.11. The summed E-state index contributed by atoms with van der Waals surface area (Å²) in [6, 6.07) is 11.1. The second-order valence-electron chi connectivity index (χ2n) is 4.31. The molecule has 0 saturated carbocycles. The van der Waals surface area contributed by atoms with E-state index in [2.05, 4.69) is 15.9 Å². The van der Waals surface area contributed by atoms with E-state index in [0.29, 0.717) is 21.9 Å². The van der Waals surface area contributed by atoms with Gasteiger partial charge in [-0.1, -0.05) is 39.2 Å². The molecule has 1 unspecified atom stereocenters. The van der Waals surface area contributed by atoms with Crippen LogP contribution in [-0.2, 0) is 0 Å². The van der Waals surface area contributed by atoms with Gasteiger partial charge in [0, 0.05) is 20.6 Å². The number of halogens is 2. The van der Waals surface area contributed by atoms with Crippen LogP contribution in [0.1, 0.15) is 22.8 Å². The molecule has 0 aliphatic rings. The Morgan fingerprint density at radius 3 is 2.58 bits per heavy atom. The second kappa shape index (κ2) is 5.95. The topological polar surface area (TPSA) is 29.5 Å². The van der Waals surface area contributed by atoms with Crippen molar-refractivity contribution < 1.29 is 9.84 Å². The molecule has 2 aromatic carbocycles. The van der Waals surface area contributed by atoms with Gasteiger partial charge < -0.3 is 9.84 Å². The Morgan fingerprint density at radius 1 is 1.16 bits per heavy atom. The quantitative estimate of drug-likeness (QED) is 0.890. The van der Waals surface area contributed by atoms with E-state index in [9.17, 15) is 5.11 Å². The van der Waals surface area contributed by atoms with E-state index in [-0.39, 0.29) is 0 Å². The number of aryl methyl sites for hydroxylation is 1. The van der Waals surface area contributed by atoms with Gasteiger partial charge in [0.2, 0.25) is 0 Å². The Bertz CT molecular complexity index is 599. The first-order chi connectivity index (χ1) is 9.02. The van der Waals surface area contributed by atoms with Gasteiger partial charge >= 0.3 is 0 Å². The van der Waals surface area contributed by atoms with E-state index in [0.717, 1.165) is 10.0 Å². The fourth-order valence-corrected chi connectivity index (χ4v) is 2.56. The Morgan fingerprint density at radius 2 is 1.89 bits per heavy atom. The van der Waals surface area contributed by atoms with Gasteiger partial charge in [0.15, 0.2) is 0 Å². The summed E-state index contributed by atoms with van der Waals surface area (Å²) in [7, 11) is 1.59. The maximum Gasteiger partial charge on any atom is 0.125 e. The molecule has 2 rings (SSSR count). The normalized spacial score (nSPS) is 12.3. The molecular weight excluding hydrogens is 328 g/mol. The third-order valence-electron chi connectivity index (χ3n) is 2.93. The standard InChI is InChI=1S/C15H14BrClO2/c1-9-3-6-14(19-2)12(7-9)15(18)11-8-10(16)4-5-13(11)17/h3-8,15,18H,1-2H3. The molecule has 0 fully saturated rings. The lowest BCUT2D eigenvalue weighted by Crippen LogP contribution is -2.03. The smallest absolute Gasteiger partial charge is 0.125 e. The van der Waals surface area contributed by atoms with E-state index in [1.807, 2.05) is 37.3 Å². The average molecular weight is 342 g/mol. The number of ether oxygens (including phenoxy) is 1. The van der Waals surface area contributed by atoms with Crippen molar-refractivity contribution in [2.45, 2.75) is 13.0 Å². The molecule has 4 heteroatoms. The maximum atomic E-state index is 10.5. The van der Waals surface area contributed by atoms with Crippen LogP contribution < -0.4 is 4.74 Å². The highest BCUT2D eigenvalue weighted by molar-refractivity contribution is 9.10. The van der Waals surface area contributed by atoms with Crippen molar-refractivity contribution in [2.75, 3.05) is 7.11 Å². The van der Waals surface area contributed by atoms with Crippen LogP contribution in [0.3, 0.4) is 0 Å². The lowest BCUT2D eigenvalue weighted by atomic mass is 9.99. The first kappa shape index (κ1) is 14.4. The molecule has 0 amide bonds. The Hall–Kier alpha value is -1.03. The van der Waals surface area contributed by atoms with Crippen molar-refractivity contribution in [3.8, 4) is 5.75 Å². The predicted octanol–water partition coefficient (Wildman–Crippen LogP) is 4.50. The van der Waals surface area contributed by atoms with Crippen molar-refractivity contribution in [1.82, 2.24) is 0 Å². The Labute approximate surface area is 126 Å². The molecular formula is C15H14BrClO2. The van der Waals surface area contributed by atoms with Crippen LogP contribution in [0.25, 0.3) is 0 Å². The molecule has 0 heterocycles. The van der Waals surface area contributed by atoms with Gasteiger partial charge in [-0.15, -0.1) is 0 Å². The van der Waals surface area contributed by atoms with Gasteiger partial charge in [-0.3, -0.25) is 0 Å². The fraction of sp³-hybridized carbons (Fsp3) is 0.200.